The van der Waals surface area contributed by atoms with Gasteiger partial charge in [-0.25, -0.2) is 4.98 Å². The summed E-state index contributed by atoms with van der Waals surface area (Å²) in [6.45, 7) is 2.92. The van der Waals surface area contributed by atoms with E-state index in [9.17, 15) is 0 Å². The lowest BCUT2D eigenvalue weighted by Crippen LogP contribution is -2.29. The van der Waals surface area contributed by atoms with Crippen molar-refractivity contribution in [1.29, 1.82) is 0 Å². The van der Waals surface area contributed by atoms with Gasteiger partial charge in [-0.15, -0.1) is 11.3 Å². The minimum atomic E-state index is 0.669. The smallest absolute Gasteiger partial charge is 0.170 e. The molecule has 112 valence electrons. The van der Waals surface area contributed by atoms with Crippen LogP contribution in [0.3, 0.4) is 0 Å². The topological polar surface area (TPSA) is 37.0 Å². The van der Waals surface area contributed by atoms with Crippen molar-refractivity contribution in [3.05, 3.63) is 34.7 Å². The van der Waals surface area contributed by atoms with E-state index in [4.69, 9.17) is 12.2 Å². The number of benzene rings is 1. The molecule has 1 heterocycles. The maximum absolute atomic E-state index is 5.31. The number of nitrogens with one attached hydrogen (secondary N) is 2. The third kappa shape index (κ3) is 5.30. The molecule has 0 aliphatic carbocycles. The highest BCUT2D eigenvalue weighted by molar-refractivity contribution is 7.98. The first-order valence-corrected chi connectivity index (χ1v) is 9.43. The number of nitrogens with zero attached hydrogens (tertiary/aromatic N) is 1. The van der Waals surface area contributed by atoms with Gasteiger partial charge in [0.2, 0.25) is 0 Å². The molecule has 2 N–H and O–H groups in total. The van der Waals surface area contributed by atoms with Crippen LogP contribution in [0.5, 0.6) is 0 Å². The SMILES string of the molecule is CSCCCNC(=S)Nc1cccc(-c2csc(C)n2)c1. The number of thiazole rings is 1. The summed E-state index contributed by atoms with van der Waals surface area (Å²) >= 11 is 8.82. The van der Waals surface area contributed by atoms with Gasteiger partial charge < -0.3 is 10.6 Å². The number of hydrogen-bond donors (Lipinski definition) is 2. The molecule has 0 radical (unpaired) electrons. The molecule has 0 aliphatic heterocycles. The van der Waals surface area contributed by atoms with Gasteiger partial charge in [-0.05, 0) is 49.7 Å². The van der Waals surface area contributed by atoms with Gasteiger partial charge in [-0.3, -0.25) is 0 Å². The van der Waals surface area contributed by atoms with Crippen LogP contribution in [0.1, 0.15) is 11.4 Å². The highest BCUT2D eigenvalue weighted by Gasteiger charge is 2.04. The Kier molecular flexibility index (Phi) is 6.48. The van der Waals surface area contributed by atoms with Crippen LogP contribution in [0.15, 0.2) is 29.6 Å². The fraction of sp³-hybridized carbons (Fsp3) is 0.333. The summed E-state index contributed by atoms with van der Waals surface area (Å²) in [4.78, 5) is 4.51. The van der Waals surface area contributed by atoms with Crippen molar-refractivity contribution in [2.24, 2.45) is 0 Å². The molecule has 0 aliphatic rings. The van der Waals surface area contributed by atoms with E-state index in [0.29, 0.717) is 5.11 Å². The molecule has 6 heteroatoms. The molecular formula is C15H19N3S3. The van der Waals surface area contributed by atoms with Crippen LogP contribution in [0.4, 0.5) is 5.69 Å². The second-order valence-corrected chi connectivity index (χ2v) is 7.02. The quantitative estimate of drug-likeness (QED) is 0.611. The number of hydrogen-bond acceptors (Lipinski definition) is 4. The molecule has 0 saturated carbocycles. The number of aromatic nitrogens is 1. The highest BCUT2D eigenvalue weighted by Crippen LogP contribution is 2.24. The second-order valence-electron chi connectivity index (χ2n) is 4.56. The third-order valence-corrected chi connectivity index (χ3v) is 4.56. The van der Waals surface area contributed by atoms with Crippen LogP contribution in [-0.2, 0) is 0 Å². The molecule has 3 nitrogen and oxygen atoms in total. The van der Waals surface area contributed by atoms with Crippen molar-refractivity contribution in [2.75, 3.05) is 23.9 Å². The largest absolute Gasteiger partial charge is 0.362 e. The summed E-state index contributed by atoms with van der Waals surface area (Å²) in [5, 5.41) is 10.3. The monoisotopic (exact) mass is 337 g/mol. The van der Waals surface area contributed by atoms with E-state index in [1.54, 1.807) is 11.3 Å². The van der Waals surface area contributed by atoms with Gasteiger partial charge in [0.05, 0.1) is 10.7 Å². The Morgan fingerprint density at radius 1 is 1.43 bits per heavy atom. The fourth-order valence-electron chi connectivity index (χ4n) is 1.85. The van der Waals surface area contributed by atoms with Gasteiger partial charge in [0.1, 0.15) is 0 Å². The Bertz CT molecular complexity index is 595. The molecule has 2 rings (SSSR count). The van der Waals surface area contributed by atoms with E-state index in [2.05, 4.69) is 39.4 Å². The lowest BCUT2D eigenvalue weighted by Gasteiger charge is -2.11. The molecule has 0 spiro atoms. The van der Waals surface area contributed by atoms with Crippen LogP contribution in [-0.4, -0.2) is 28.6 Å². The molecular weight excluding hydrogens is 318 g/mol. The van der Waals surface area contributed by atoms with E-state index >= 15 is 0 Å². The number of thiocarbonyl (C=S) groups is 1. The molecule has 1 aromatic carbocycles. The Morgan fingerprint density at radius 2 is 2.29 bits per heavy atom. The van der Waals surface area contributed by atoms with Crippen molar-refractivity contribution in [2.45, 2.75) is 13.3 Å². The van der Waals surface area contributed by atoms with E-state index in [1.165, 1.54) is 0 Å². The lowest BCUT2D eigenvalue weighted by molar-refractivity contribution is 0.855. The van der Waals surface area contributed by atoms with E-state index in [-0.39, 0.29) is 0 Å². The summed E-state index contributed by atoms with van der Waals surface area (Å²) < 4.78 is 0. The summed E-state index contributed by atoms with van der Waals surface area (Å²) in [5.74, 6) is 1.15. The summed E-state index contributed by atoms with van der Waals surface area (Å²) in [6, 6.07) is 8.17. The van der Waals surface area contributed by atoms with Crippen molar-refractivity contribution >= 4 is 46.1 Å². The molecule has 2 aromatic rings. The third-order valence-electron chi connectivity index (χ3n) is 2.85. The highest BCUT2D eigenvalue weighted by atomic mass is 32.2. The first-order valence-electron chi connectivity index (χ1n) is 6.75. The molecule has 0 unspecified atom stereocenters. The number of thioether (sulfide) groups is 1. The number of aryl methyl sites for hydroxylation is 1. The molecule has 0 amide bonds. The lowest BCUT2D eigenvalue weighted by atomic mass is 10.1. The number of rotatable bonds is 6. The maximum Gasteiger partial charge on any atom is 0.170 e. The molecule has 21 heavy (non-hydrogen) atoms. The summed E-state index contributed by atoms with van der Waals surface area (Å²) in [5.41, 5.74) is 3.11. The zero-order chi connectivity index (χ0) is 15.1. The van der Waals surface area contributed by atoms with Gasteiger partial charge in [-0.1, -0.05) is 12.1 Å². The first-order chi connectivity index (χ1) is 10.2. The van der Waals surface area contributed by atoms with E-state index in [1.807, 2.05) is 30.8 Å². The molecule has 0 bridgehead atoms. The van der Waals surface area contributed by atoms with Crippen molar-refractivity contribution in [1.82, 2.24) is 10.3 Å². The normalized spacial score (nSPS) is 10.4. The van der Waals surface area contributed by atoms with Crippen molar-refractivity contribution < 1.29 is 0 Å². The molecule has 0 fully saturated rings. The van der Waals surface area contributed by atoms with Crippen LogP contribution < -0.4 is 10.6 Å². The van der Waals surface area contributed by atoms with Gasteiger partial charge in [0.25, 0.3) is 0 Å². The fourth-order valence-corrected chi connectivity index (χ4v) is 3.12. The summed E-state index contributed by atoms with van der Waals surface area (Å²) in [6.07, 6.45) is 3.23. The predicted octanol–water partition coefficient (Wildman–Crippen LogP) is 4.16. The zero-order valence-electron chi connectivity index (χ0n) is 12.2. The van der Waals surface area contributed by atoms with Crippen molar-refractivity contribution in [3.8, 4) is 11.3 Å². The van der Waals surface area contributed by atoms with E-state index < -0.39 is 0 Å². The first kappa shape index (κ1) is 16.3. The Morgan fingerprint density at radius 3 is 3.00 bits per heavy atom. The number of anilines is 1. The zero-order valence-corrected chi connectivity index (χ0v) is 14.6. The average Bonchev–Trinajstić information content (AvgIpc) is 2.91. The van der Waals surface area contributed by atoms with Gasteiger partial charge in [0.15, 0.2) is 5.11 Å². The van der Waals surface area contributed by atoms with Gasteiger partial charge in [0, 0.05) is 23.2 Å². The molecule has 0 saturated heterocycles. The molecule has 1 aromatic heterocycles. The Labute approximate surface area is 139 Å². The van der Waals surface area contributed by atoms with Crippen LogP contribution in [0.2, 0.25) is 0 Å². The minimum absolute atomic E-state index is 0.669. The molecule has 0 atom stereocenters. The average molecular weight is 338 g/mol. The Hall–Kier alpha value is -1.11. The van der Waals surface area contributed by atoms with Crippen LogP contribution in [0, 0.1) is 6.92 Å². The predicted molar refractivity (Wildman–Crippen MR) is 99.5 cm³/mol. The second kappa shape index (κ2) is 8.36. The van der Waals surface area contributed by atoms with Gasteiger partial charge >= 0.3 is 0 Å². The van der Waals surface area contributed by atoms with Crippen LogP contribution in [0.25, 0.3) is 11.3 Å². The Balaban J connectivity index is 1.93. The van der Waals surface area contributed by atoms with Crippen LogP contribution >= 0.6 is 35.3 Å². The van der Waals surface area contributed by atoms with Gasteiger partial charge in [-0.2, -0.15) is 11.8 Å². The van der Waals surface area contributed by atoms with Crippen molar-refractivity contribution in [3.63, 3.8) is 0 Å². The standard InChI is InChI=1S/C15H19N3S3/c1-11-17-14(10-21-11)12-5-3-6-13(9-12)18-15(19)16-7-4-8-20-2/h3,5-6,9-10H,4,7-8H2,1-2H3,(H2,16,18,19). The van der Waals surface area contributed by atoms with E-state index in [0.717, 1.165) is 40.7 Å². The minimum Gasteiger partial charge on any atom is -0.362 e. The maximum atomic E-state index is 5.31. The summed E-state index contributed by atoms with van der Waals surface area (Å²) in [7, 11) is 0.